The molecule has 6 nitrogen and oxygen atoms in total. The number of furan rings is 1. The van der Waals surface area contributed by atoms with Crippen molar-refractivity contribution in [1.82, 2.24) is 9.88 Å². The fourth-order valence-electron chi connectivity index (χ4n) is 2.96. The fourth-order valence-corrected chi connectivity index (χ4v) is 3.74. The summed E-state index contributed by atoms with van der Waals surface area (Å²) in [5.74, 6) is 0.153. The van der Waals surface area contributed by atoms with Crippen molar-refractivity contribution in [2.45, 2.75) is 39.2 Å². The number of nitrogens with zero attached hydrogens (tertiary/aromatic N) is 2. The van der Waals surface area contributed by atoms with Crippen molar-refractivity contribution >= 4 is 23.2 Å². The molecule has 0 spiro atoms. The van der Waals surface area contributed by atoms with E-state index in [1.807, 2.05) is 31.4 Å². The van der Waals surface area contributed by atoms with Crippen LogP contribution in [-0.4, -0.2) is 39.5 Å². The first-order valence-corrected chi connectivity index (χ1v) is 8.85. The van der Waals surface area contributed by atoms with Gasteiger partial charge in [-0.2, -0.15) is 0 Å². The molecule has 1 N–H and O–H groups in total. The molecular weight excluding hydrogens is 328 g/mol. The number of rotatable bonds is 4. The lowest BCUT2D eigenvalue weighted by Crippen LogP contribution is -2.47. The van der Waals surface area contributed by atoms with Crippen LogP contribution in [0.25, 0.3) is 10.8 Å². The van der Waals surface area contributed by atoms with Gasteiger partial charge in [-0.05, 0) is 38.8 Å². The van der Waals surface area contributed by atoms with Crippen LogP contribution in [0.1, 0.15) is 31.2 Å². The molecule has 2 aromatic rings. The number of likely N-dealkylation sites (tertiary alicyclic amines) is 1. The highest BCUT2D eigenvalue weighted by atomic mass is 32.1. The van der Waals surface area contributed by atoms with Gasteiger partial charge in [0.2, 0.25) is 5.91 Å². The Bertz CT molecular complexity index is 751. The minimum atomic E-state index is -0.830. The number of aliphatic carboxylic acids is 1. The molecule has 0 aromatic carbocycles. The normalized spacial score (nSPS) is 21.0. The van der Waals surface area contributed by atoms with E-state index in [1.54, 1.807) is 4.90 Å². The molecule has 0 radical (unpaired) electrons. The van der Waals surface area contributed by atoms with Crippen LogP contribution in [0.2, 0.25) is 0 Å². The highest BCUT2D eigenvalue weighted by Crippen LogP contribution is 2.27. The zero-order valence-corrected chi connectivity index (χ0v) is 14.5. The third kappa shape index (κ3) is 3.51. The maximum absolute atomic E-state index is 12.6. The zero-order chi connectivity index (χ0) is 17.3. The minimum absolute atomic E-state index is 0.0685. The molecule has 1 aliphatic heterocycles. The average Bonchev–Trinajstić information content (AvgIpc) is 3.16. The van der Waals surface area contributed by atoms with Crippen LogP contribution in [-0.2, 0) is 16.0 Å². The molecule has 7 heteroatoms. The molecule has 0 bridgehead atoms. The molecular formula is C17H20N2O4S. The summed E-state index contributed by atoms with van der Waals surface area (Å²) in [6.45, 7) is 4.12. The summed E-state index contributed by atoms with van der Waals surface area (Å²) in [4.78, 5) is 29.9. The van der Waals surface area contributed by atoms with Crippen molar-refractivity contribution in [2.75, 3.05) is 6.54 Å². The van der Waals surface area contributed by atoms with Gasteiger partial charge < -0.3 is 14.4 Å². The number of hydrogen-bond acceptors (Lipinski definition) is 5. The zero-order valence-electron chi connectivity index (χ0n) is 13.7. The smallest absolute Gasteiger partial charge is 0.308 e. The standard InChI is InChI=1S/C17H20N2O4S/c1-10-3-5-12(17(21)22)8-19(10)15(20)7-13-9-24-16(18-13)14-6-4-11(2)23-14/h4,6,9-10,12H,3,5,7-8H2,1-2H3,(H,21,22). The number of carbonyl (C=O) groups is 2. The van der Waals surface area contributed by atoms with Gasteiger partial charge in [0, 0.05) is 18.0 Å². The van der Waals surface area contributed by atoms with Crippen molar-refractivity contribution in [1.29, 1.82) is 0 Å². The Morgan fingerprint density at radius 2 is 2.21 bits per heavy atom. The summed E-state index contributed by atoms with van der Waals surface area (Å²) in [5, 5.41) is 11.8. The van der Waals surface area contributed by atoms with Crippen molar-refractivity contribution in [3.63, 3.8) is 0 Å². The topological polar surface area (TPSA) is 83.6 Å². The van der Waals surface area contributed by atoms with Gasteiger partial charge in [0.05, 0.1) is 18.0 Å². The molecule has 1 aliphatic rings. The maximum Gasteiger partial charge on any atom is 0.308 e. The molecule has 1 amide bonds. The van der Waals surface area contributed by atoms with E-state index in [4.69, 9.17) is 4.42 Å². The Balaban J connectivity index is 1.68. The van der Waals surface area contributed by atoms with E-state index < -0.39 is 11.9 Å². The Morgan fingerprint density at radius 1 is 1.42 bits per heavy atom. The van der Waals surface area contributed by atoms with Crippen molar-refractivity contribution in [2.24, 2.45) is 5.92 Å². The summed E-state index contributed by atoms with van der Waals surface area (Å²) in [5.41, 5.74) is 0.693. The number of amides is 1. The second-order valence-electron chi connectivity index (χ2n) is 6.24. The Morgan fingerprint density at radius 3 is 2.88 bits per heavy atom. The number of carbonyl (C=O) groups excluding carboxylic acids is 1. The maximum atomic E-state index is 12.6. The lowest BCUT2D eigenvalue weighted by molar-refractivity contribution is -0.147. The van der Waals surface area contributed by atoms with Gasteiger partial charge in [0.15, 0.2) is 10.8 Å². The van der Waals surface area contributed by atoms with Gasteiger partial charge >= 0.3 is 5.97 Å². The number of piperidine rings is 1. The van der Waals surface area contributed by atoms with E-state index in [0.29, 0.717) is 17.9 Å². The monoisotopic (exact) mass is 348 g/mol. The molecule has 2 atom stereocenters. The first-order chi connectivity index (χ1) is 11.4. The van der Waals surface area contributed by atoms with Crippen molar-refractivity contribution in [3.05, 3.63) is 29.0 Å². The van der Waals surface area contributed by atoms with Crippen molar-refractivity contribution in [3.8, 4) is 10.8 Å². The number of carboxylic acid groups (broad SMARTS) is 1. The highest BCUT2D eigenvalue weighted by Gasteiger charge is 2.32. The minimum Gasteiger partial charge on any atom is -0.481 e. The molecule has 2 aromatic heterocycles. The summed E-state index contributed by atoms with van der Waals surface area (Å²) in [7, 11) is 0. The Labute approximate surface area is 144 Å². The third-order valence-corrected chi connectivity index (χ3v) is 5.29. The van der Waals surface area contributed by atoms with Gasteiger partial charge in [-0.1, -0.05) is 0 Å². The van der Waals surface area contributed by atoms with Crippen LogP contribution < -0.4 is 0 Å². The predicted octanol–water partition coefficient (Wildman–Crippen LogP) is 2.97. The van der Waals surface area contributed by atoms with E-state index >= 15 is 0 Å². The second kappa shape index (κ2) is 6.76. The van der Waals surface area contributed by atoms with E-state index in [-0.39, 0.29) is 24.9 Å². The molecule has 1 fully saturated rings. The van der Waals surface area contributed by atoms with Gasteiger partial charge in [-0.15, -0.1) is 11.3 Å². The number of hydrogen-bond donors (Lipinski definition) is 1. The molecule has 3 rings (SSSR count). The summed E-state index contributed by atoms with van der Waals surface area (Å²) in [6, 6.07) is 3.81. The van der Waals surface area contributed by atoms with Gasteiger partial charge in [-0.3, -0.25) is 9.59 Å². The van der Waals surface area contributed by atoms with Gasteiger partial charge in [0.1, 0.15) is 5.76 Å². The third-order valence-electron chi connectivity index (χ3n) is 4.39. The number of carboxylic acids is 1. The first-order valence-electron chi connectivity index (χ1n) is 7.97. The van der Waals surface area contributed by atoms with Gasteiger partial charge in [0.25, 0.3) is 0 Å². The molecule has 24 heavy (non-hydrogen) atoms. The molecule has 2 unspecified atom stereocenters. The quantitative estimate of drug-likeness (QED) is 0.918. The SMILES string of the molecule is Cc1ccc(-c2nc(CC(=O)N3CC(C(=O)O)CCC3C)cs2)o1. The van der Waals surface area contributed by atoms with E-state index in [1.165, 1.54) is 11.3 Å². The number of aryl methyl sites for hydroxylation is 1. The van der Waals surface area contributed by atoms with E-state index in [0.717, 1.165) is 17.2 Å². The lowest BCUT2D eigenvalue weighted by atomic mass is 9.93. The molecule has 128 valence electrons. The van der Waals surface area contributed by atoms with Crippen LogP contribution in [0.4, 0.5) is 0 Å². The molecule has 0 aliphatic carbocycles. The predicted molar refractivity (Wildman–Crippen MR) is 89.8 cm³/mol. The number of aromatic nitrogens is 1. The van der Waals surface area contributed by atoms with E-state index in [2.05, 4.69) is 4.98 Å². The van der Waals surface area contributed by atoms with Crippen molar-refractivity contribution < 1.29 is 19.1 Å². The fraction of sp³-hybridized carbons (Fsp3) is 0.471. The van der Waals surface area contributed by atoms with Gasteiger partial charge in [-0.25, -0.2) is 4.98 Å². The van der Waals surface area contributed by atoms with Crippen LogP contribution in [0.3, 0.4) is 0 Å². The lowest BCUT2D eigenvalue weighted by Gasteiger charge is -2.36. The Kier molecular flexibility index (Phi) is 4.71. The van der Waals surface area contributed by atoms with Crippen LogP contribution in [0.5, 0.6) is 0 Å². The molecule has 3 heterocycles. The largest absolute Gasteiger partial charge is 0.481 e. The van der Waals surface area contributed by atoms with E-state index in [9.17, 15) is 14.7 Å². The average molecular weight is 348 g/mol. The first kappa shape index (κ1) is 16.7. The molecule has 0 saturated carbocycles. The van der Waals surface area contributed by atoms with Crippen LogP contribution in [0.15, 0.2) is 21.9 Å². The van der Waals surface area contributed by atoms with Crippen LogP contribution in [0, 0.1) is 12.8 Å². The second-order valence-corrected chi connectivity index (χ2v) is 7.10. The number of thiazole rings is 1. The summed E-state index contributed by atoms with van der Waals surface area (Å²) in [6.07, 6.45) is 1.53. The summed E-state index contributed by atoms with van der Waals surface area (Å²) >= 11 is 1.44. The molecule has 1 saturated heterocycles. The van der Waals surface area contributed by atoms with Crippen LogP contribution >= 0.6 is 11.3 Å². The highest BCUT2D eigenvalue weighted by molar-refractivity contribution is 7.13. The Hall–Kier alpha value is -2.15. The summed E-state index contributed by atoms with van der Waals surface area (Å²) < 4.78 is 5.55.